The van der Waals surface area contributed by atoms with Gasteiger partial charge in [-0.2, -0.15) is 0 Å². The molecule has 1 aromatic heterocycles. The molecule has 0 saturated heterocycles. The van der Waals surface area contributed by atoms with E-state index in [1.165, 1.54) is 0 Å². The highest BCUT2D eigenvalue weighted by Crippen LogP contribution is 2.07. The van der Waals surface area contributed by atoms with Crippen LogP contribution < -0.4 is 11.1 Å². The lowest BCUT2D eigenvalue weighted by Crippen LogP contribution is -2.19. The lowest BCUT2D eigenvalue weighted by molar-refractivity contribution is 0.405. The first-order chi connectivity index (χ1) is 7.61. The molecule has 0 fully saturated rings. The van der Waals surface area contributed by atoms with Crippen LogP contribution in [0.1, 0.15) is 12.1 Å². The molecule has 1 rings (SSSR count). The van der Waals surface area contributed by atoms with E-state index in [0.29, 0.717) is 11.5 Å². The van der Waals surface area contributed by atoms with Gasteiger partial charge in [0.25, 0.3) is 0 Å². The van der Waals surface area contributed by atoms with E-state index in [1.807, 2.05) is 14.1 Å². The van der Waals surface area contributed by atoms with Crippen LogP contribution in [0, 0.1) is 0 Å². The summed E-state index contributed by atoms with van der Waals surface area (Å²) in [5.41, 5.74) is 6.11. The van der Waals surface area contributed by atoms with E-state index in [4.69, 9.17) is 18.0 Å². The van der Waals surface area contributed by atoms with Gasteiger partial charge >= 0.3 is 0 Å². The zero-order valence-corrected chi connectivity index (χ0v) is 10.4. The van der Waals surface area contributed by atoms with Gasteiger partial charge in [-0.1, -0.05) is 12.2 Å². The van der Waals surface area contributed by atoms with Crippen molar-refractivity contribution in [1.29, 1.82) is 0 Å². The van der Waals surface area contributed by atoms with Crippen LogP contribution in [0.5, 0.6) is 0 Å². The number of aromatic nitrogens is 2. The van der Waals surface area contributed by atoms with Gasteiger partial charge in [-0.05, 0) is 27.1 Å². The summed E-state index contributed by atoms with van der Waals surface area (Å²) in [4.78, 5) is 10.7. The summed E-state index contributed by atoms with van der Waals surface area (Å²) in [7, 11) is 4.09. The standard InChI is InChI=1S/C10H17N5S/c1-15(2)7-3-4-13-10-8(9(11)16)12-5-6-14-10/h5-6H,3-4,7H2,1-2H3,(H2,11,16)(H,13,14). The van der Waals surface area contributed by atoms with E-state index < -0.39 is 0 Å². The number of thiocarbonyl (C=S) groups is 1. The number of nitrogens with two attached hydrogens (primary N) is 1. The average Bonchev–Trinajstić information content (AvgIpc) is 2.24. The highest BCUT2D eigenvalue weighted by atomic mass is 32.1. The van der Waals surface area contributed by atoms with Gasteiger partial charge in [-0.15, -0.1) is 0 Å². The van der Waals surface area contributed by atoms with Gasteiger partial charge in [0.05, 0.1) is 0 Å². The second kappa shape index (κ2) is 6.34. The van der Waals surface area contributed by atoms with E-state index in [1.54, 1.807) is 12.4 Å². The molecular formula is C10H17N5S. The Balaban J connectivity index is 2.50. The van der Waals surface area contributed by atoms with Gasteiger partial charge in [0.15, 0.2) is 5.82 Å². The Bertz CT molecular complexity index is 353. The second-order valence-corrected chi connectivity index (χ2v) is 4.14. The quantitative estimate of drug-likeness (QED) is 0.556. The number of rotatable bonds is 6. The van der Waals surface area contributed by atoms with Crippen LogP contribution >= 0.6 is 12.2 Å². The topological polar surface area (TPSA) is 67.1 Å². The maximum atomic E-state index is 5.55. The van der Waals surface area contributed by atoms with Crippen LogP contribution in [0.2, 0.25) is 0 Å². The Hall–Kier alpha value is -1.27. The third-order valence-electron chi connectivity index (χ3n) is 2.01. The van der Waals surface area contributed by atoms with E-state index in [-0.39, 0.29) is 4.99 Å². The van der Waals surface area contributed by atoms with Crippen LogP contribution in [0.25, 0.3) is 0 Å². The first-order valence-corrected chi connectivity index (χ1v) is 5.51. The predicted molar refractivity (Wildman–Crippen MR) is 69.6 cm³/mol. The number of hydrogen-bond acceptors (Lipinski definition) is 5. The number of nitrogens with one attached hydrogen (secondary N) is 1. The fourth-order valence-corrected chi connectivity index (χ4v) is 1.40. The van der Waals surface area contributed by atoms with Crippen molar-refractivity contribution in [2.75, 3.05) is 32.5 Å². The Morgan fingerprint density at radius 2 is 2.12 bits per heavy atom. The molecule has 0 saturated carbocycles. The normalized spacial score (nSPS) is 10.4. The van der Waals surface area contributed by atoms with Crippen molar-refractivity contribution in [3.63, 3.8) is 0 Å². The van der Waals surface area contributed by atoms with Crippen LogP contribution in [-0.2, 0) is 0 Å². The molecule has 0 unspecified atom stereocenters. The van der Waals surface area contributed by atoms with Crippen molar-refractivity contribution in [2.24, 2.45) is 5.73 Å². The monoisotopic (exact) mass is 239 g/mol. The maximum absolute atomic E-state index is 5.55. The van der Waals surface area contributed by atoms with Crippen molar-refractivity contribution in [3.8, 4) is 0 Å². The minimum absolute atomic E-state index is 0.267. The highest BCUT2D eigenvalue weighted by molar-refractivity contribution is 7.80. The van der Waals surface area contributed by atoms with E-state index in [9.17, 15) is 0 Å². The molecule has 0 bridgehead atoms. The summed E-state index contributed by atoms with van der Waals surface area (Å²) in [5, 5.41) is 3.18. The third-order valence-corrected chi connectivity index (χ3v) is 2.20. The second-order valence-electron chi connectivity index (χ2n) is 3.70. The molecule has 6 heteroatoms. The minimum Gasteiger partial charge on any atom is -0.388 e. The predicted octanol–water partition coefficient (Wildman–Crippen LogP) is 0.474. The molecule has 0 atom stereocenters. The fourth-order valence-electron chi connectivity index (χ4n) is 1.25. The van der Waals surface area contributed by atoms with Gasteiger partial charge < -0.3 is 16.0 Å². The van der Waals surface area contributed by atoms with Crippen molar-refractivity contribution in [1.82, 2.24) is 14.9 Å². The van der Waals surface area contributed by atoms with Crippen LogP contribution in [0.4, 0.5) is 5.82 Å². The molecule has 0 aromatic carbocycles. The maximum Gasteiger partial charge on any atom is 0.155 e. The summed E-state index contributed by atoms with van der Waals surface area (Å²) in [6, 6.07) is 0. The lowest BCUT2D eigenvalue weighted by atomic mass is 10.3. The third kappa shape index (κ3) is 4.08. The van der Waals surface area contributed by atoms with Gasteiger partial charge in [-0.25, -0.2) is 9.97 Å². The molecule has 1 heterocycles. The Labute approximate surface area is 101 Å². The molecule has 0 amide bonds. The molecule has 1 aromatic rings. The van der Waals surface area contributed by atoms with Crippen molar-refractivity contribution in [3.05, 3.63) is 18.1 Å². The van der Waals surface area contributed by atoms with Gasteiger partial charge in [-0.3, -0.25) is 0 Å². The summed E-state index contributed by atoms with van der Waals surface area (Å²) >= 11 is 4.90. The Morgan fingerprint density at radius 1 is 1.44 bits per heavy atom. The molecular weight excluding hydrogens is 222 g/mol. The first-order valence-electron chi connectivity index (χ1n) is 5.10. The minimum atomic E-state index is 0.267. The van der Waals surface area contributed by atoms with Crippen LogP contribution in [-0.4, -0.2) is 47.0 Å². The fraction of sp³-hybridized carbons (Fsp3) is 0.500. The van der Waals surface area contributed by atoms with E-state index >= 15 is 0 Å². The van der Waals surface area contributed by atoms with E-state index in [0.717, 1.165) is 19.5 Å². The molecule has 0 spiro atoms. The molecule has 0 aliphatic rings. The van der Waals surface area contributed by atoms with Gasteiger partial charge in [0.2, 0.25) is 0 Å². The zero-order valence-electron chi connectivity index (χ0n) is 9.60. The zero-order chi connectivity index (χ0) is 12.0. The van der Waals surface area contributed by atoms with Crippen molar-refractivity contribution < 1.29 is 0 Å². The number of anilines is 1. The summed E-state index contributed by atoms with van der Waals surface area (Å²) in [5.74, 6) is 0.661. The molecule has 0 radical (unpaired) electrons. The molecule has 16 heavy (non-hydrogen) atoms. The first kappa shape index (κ1) is 12.8. The van der Waals surface area contributed by atoms with E-state index in [2.05, 4.69) is 20.2 Å². The molecule has 0 aliphatic carbocycles. The summed E-state index contributed by atoms with van der Waals surface area (Å²) in [6.45, 7) is 1.85. The summed E-state index contributed by atoms with van der Waals surface area (Å²) < 4.78 is 0. The molecule has 88 valence electrons. The smallest absolute Gasteiger partial charge is 0.155 e. The Kier molecular flexibility index (Phi) is 5.07. The van der Waals surface area contributed by atoms with Gasteiger partial charge in [0.1, 0.15) is 10.7 Å². The molecule has 0 aliphatic heterocycles. The highest BCUT2D eigenvalue weighted by Gasteiger charge is 2.06. The largest absolute Gasteiger partial charge is 0.388 e. The number of hydrogen-bond donors (Lipinski definition) is 2. The summed E-state index contributed by atoms with van der Waals surface area (Å²) in [6.07, 6.45) is 4.23. The average molecular weight is 239 g/mol. The Morgan fingerprint density at radius 3 is 2.75 bits per heavy atom. The lowest BCUT2D eigenvalue weighted by Gasteiger charge is -2.11. The van der Waals surface area contributed by atoms with Crippen LogP contribution in [0.15, 0.2) is 12.4 Å². The van der Waals surface area contributed by atoms with Crippen LogP contribution in [0.3, 0.4) is 0 Å². The van der Waals surface area contributed by atoms with Crippen molar-refractivity contribution >= 4 is 23.0 Å². The molecule has 3 N–H and O–H groups in total. The number of nitrogens with zero attached hydrogens (tertiary/aromatic N) is 3. The van der Waals surface area contributed by atoms with Gasteiger partial charge in [0, 0.05) is 18.9 Å². The molecule has 5 nitrogen and oxygen atoms in total. The SMILES string of the molecule is CN(C)CCCNc1nccnc1C(N)=S. The van der Waals surface area contributed by atoms with Crippen molar-refractivity contribution in [2.45, 2.75) is 6.42 Å².